The molecular formula is C17H17FN2O. The summed E-state index contributed by atoms with van der Waals surface area (Å²) in [4.78, 5) is 13.7. The summed E-state index contributed by atoms with van der Waals surface area (Å²) in [7, 11) is 0. The van der Waals surface area contributed by atoms with Crippen LogP contribution in [0.3, 0.4) is 0 Å². The molecule has 1 amide bonds. The summed E-state index contributed by atoms with van der Waals surface area (Å²) < 4.78 is 14.0. The molecule has 2 aromatic carbocycles. The number of halogens is 1. The Morgan fingerprint density at radius 2 is 1.81 bits per heavy atom. The molecule has 0 unspecified atom stereocenters. The van der Waals surface area contributed by atoms with E-state index in [1.807, 2.05) is 24.3 Å². The zero-order valence-electron chi connectivity index (χ0n) is 11.8. The van der Waals surface area contributed by atoms with Gasteiger partial charge in [-0.15, -0.1) is 0 Å². The van der Waals surface area contributed by atoms with Crippen LogP contribution in [-0.2, 0) is 11.2 Å². The molecule has 1 saturated heterocycles. The lowest BCUT2D eigenvalue weighted by molar-refractivity contribution is -0.126. The van der Waals surface area contributed by atoms with Gasteiger partial charge in [0, 0.05) is 11.3 Å². The van der Waals surface area contributed by atoms with Crippen molar-refractivity contribution in [2.24, 2.45) is 5.73 Å². The van der Waals surface area contributed by atoms with E-state index in [0.717, 1.165) is 12.1 Å². The third-order valence-electron chi connectivity index (χ3n) is 3.99. The van der Waals surface area contributed by atoms with E-state index in [1.54, 1.807) is 23.1 Å². The molecule has 0 radical (unpaired) electrons. The molecule has 4 heteroatoms. The molecule has 108 valence electrons. The van der Waals surface area contributed by atoms with E-state index in [9.17, 15) is 9.18 Å². The Balaban J connectivity index is 1.96. The van der Waals surface area contributed by atoms with Crippen LogP contribution in [0.5, 0.6) is 0 Å². The molecule has 1 heterocycles. The molecule has 1 aliphatic rings. The Hall–Kier alpha value is -2.20. The summed E-state index contributed by atoms with van der Waals surface area (Å²) in [6.07, 6.45) is 0.935. The van der Waals surface area contributed by atoms with Gasteiger partial charge in [0.25, 0.3) is 0 Å². The molecule has 0 bridgehead atoms. The van der Waals surface area contributed by atoms with E-state index >= 15 is 0 Å². The average Bonchev–Trinajstić information content (AvgIpc) is 2.53. The maximum absolute atomic E-state index is 14.0. The third-order valence-corrected chi connectivity index (χ3v) is 3.99. The van der Waals surface area contributed by atoms with Gasteiger partial charge in [0.1, 0.15) is 11.9 Å². The van der Waals surface area contributed by atoms with Crippen molar-refractivity contribution in [1.82, 2.24) is 0 Å². The first kappa shape index (κ1) is 13.8. The predicted molar refractivity (Wildman–Crippen MR) is 80.4 cm³/mol. The summed E-state index contributed by atoms with van der Waals surface area (Å²) in [5.41, 5.74) is 8.30. The third kappa shape index (κ3) is 2.21. The second kappa shape index (κ2) is 5.30. The minimum absolute atomic E-state index is 0.174. The molecule has 1 aliphatic heterocycles. The quantitative estimate of drug-likeness (QED) is 0.881. The lowest BCUT2D eigenvalue weighted by Gasteiger charge is -2.45. The van der Waals surface area contributed by atoms with Crippen LogP contribution in [0, 0.1) is 5.82 Å². The van der Waals surface area contributed by atoms with Crippen molar-refractivity contribution in [1.29, 1.82) is 0 Å². The van der Waals surface area contributed by atoms with Gasteiger partial charge in [0.15, 0.2) is 0 Å². The lowest BCUT2D eigenvalue weighted by Crippen LogP contribution is -2.63. The number of nitrogens with zero attached hydrogens (tertiary/aromatic N) is 1. The van der Waals surface area contributed by atoms with Crippen LogP contribution in [0.2, 0.25) is 0 Å². The number of carbonyl (C=O) groups excluding carboxylic acids is 1. The monoisotopic (exact) mass is 284 g/mol. The Labute approximate surface area is 123 Å². The SMILES string of the molecule is CCc1ccc(N2C(=O)[C@@H](N)[C@@H]2c2ccccc2F)cc1. The molecule has 2 aromatic rings. The van der Waals surface area contributed by atoms with E-state index in [4.69, 9.17) is 5.73 Å². The fourth-order valence-corrected chi connectivity index (χ4v) is 2.74. The van der Waals surface area contributed by atoms with Crippen LogP contribution in [0.4, 0.5) is 10.1 Å². The van der Waals surface area contributed by atoms with E-state index < -0.39 is 12.1 Å². The van der Waals surface area contributed by atoms with Crippen LogP contribution in [-0.4, -0.2) is 11.9 Å². The van der Waals surface area contributed by atoms with Crippen LogP contribution in [0.1, 0.15) is 24.1 Å². The van der Waals surface area contributed by atoms with E-state index in [-0.39, 0.29) is 11.7 Å². The highest BCUT2D eigenvalue weighted by atomic mass is 19.1. The highest BCUT2D eigenvalue weighted by Gasteiger charge is 2.47. The fraction of sp³-hybridized carbons (Fsp3) is 0.235. The van der Waals surface area contributed by atoms with Gasteiger partial charge < -0.3 is 10.6 Å². The van der Waals surface area contributed by atoms with E-state index in [0.29, 0.717) is 5.56 Å². The molecule has 2 N–H and O–H groups in total. The zero-order valence-corrected chi connectivity index (χ0v) is 11.8. The molecule has 0 aliphatic carbocycles. The maximum Gasteiger partial charge on any atom is 0.247 e. The first-order valence-corrected chi connectivity index (χ1v) is 7.05. The summed E-state index contributed by atoms with van der Waals surface area (Å²) >= 11 is 0. The van der Waals surface area contributed by atoms with Gasteiger partial charge in [-0.3, -0.25) is 4.79 Å². The van der Waals surface area contributed by atoms with Crippen LogP contribution in [0.25, 0.3) is 0 Å². The normalized spacial score (nSPS) is 21.3. The van der Waals surface area contributed by atoms with Gasteiger partial charge in [-0.05, 0) is 30.2 Å². The first-order valence-electron chi connectivity index (χ1n) is 7.05. The Kier molecular flexibility index (Phi) is 3.47. The summed E-state index contributed by atoms with van der Waals surface area (Å²) in [6, 6.07) is 13.1. The number of hydrogen-bond acceptors (Lipinski definition) is 2. The zero-order chi connectivity index (χ0) is 15.0. The van der Waals surface area contributed by atoms with Crippen molar-refractivity contribution >= 4 is 11.6 Å². The standard InChI is InChI=1S/C17H17FN2O/c1-2-11-7-9-12(10-8-11)20-16(15(19)17(20)21)13-5-3-4-6-14(13)18/h3-10,15-16H,2,19H2,1H3/t15-,16-/m0/s1. The minimum Gasteiger partial charge on any atom is -0.318 e. The molecule has 2 atom stereocenters. The van der Waals surface area contributed by atoms with E-state index in [1.165, 1.54) is 11.6 Å². The second-order valence-corrected chi connectivity index (χ2v) is 5.22. The van der Waals surface area contributed by atoms with Crippen molar-refractivity contribution in [2.75, 3.05) is 4.90 Å². The summed E-state index contributed by atoms with van der Waals surface area (Å²) in [5.74, 6) is -0.506. The van der Waals surface area contributed by atoms with Gasteiger partial charge in [-0.2, -0.15) is 0 Å². The average molecular weight is 284 g/mol. The maximum atomic E-state index is 14.0. The number of carbonyl (C=O) groups is 1. The number of amides is 1. The second-order valence-electron chi connectivity index (χ2n) is 5.22. The van der Waals surface area contributed by atoms with Gasteiger partial charge in [0.2, 0.25) is 5.91 Å². The fourth-order valence-electron chi connectivity index (χ4n) is 2.74. The number of β-lactam (4-membered cyclic amide) rings is 1. The number of benzene rings is 2. The van der Waals surface area contributed by atoms with Crippen molar-refractivity contribution in [3.8, 4) is 0 Å². The number of aryl methyl sites for hydroxylation is 1. The van der Waals surface area contributed by atoms with Gasteiger partial charge in [-0.1, -0.05) is 37.3 Å². The molecule has 0 spiro atoms. The summed E-state index contributed by atoms with van der Waals surface area (Å²) in [6.45, 7) is 2.07. The minimum atomic E-state index is -0.687. The number of nitrogens with two attached hydrogens (primary N) is 1. The highest BCUT2D eigenvalue weighted by Crippen LogP contribution is 2.39. The van der Waals surface area contributed by atoms with Crippen molar-refractivity contribution in [3.63, 3.8) is 0 Å². The molecule has 21 heavy (non-hydrogen) atoms. The summed E-state index contributed by atoms with van der Waals surface area (Å²) in [5, 5.41) is 0. The largest absolute Gasteiger partial charge is 0.318 e. The Bertz CT molecular complexity index is 669. The highest BCUT2D eigenvalue weighted by molar-refractivity contribution is 6.05. The van der Waals surface area contributed by atoms with Gasteiger partial charge in [0.05, 0.1) is 6.04 Å². The van der Waals surface area contributed by atoms with Crippen LogP contribution < -0.4 is 10.6 Å². The Morgan fingerprint density at radius 3 is 2.43 bits per heavy atom. The number of anilines is 1. The lowest BCUT2D eigenvalue weighted by atomic mass is 9.88. The van der Waals surface area contributed by atoms with Gasteiger partial charge >= 0.3 is 0 Å². The topological polar surface area (TPSA) is 46.3 Å². The smallest absolute Gasteiger partial charge is 0.247 e. The molecule has 0 aromatic heterocycles. The van der Waals surface area contributed by atoms with Crippen molar-refractivity contribution in [2.45, 2.75) is 25.4 Å². The van der Waals surface area contributed by atoms with Crippen LogP contribution >= 0.6 is 0 Å². The van der Waals surface area contributed by atoms with Crippen molar-refractivity contribution < 1.29 is 9.18 Å². The molecule has 3 nitrogen and oxygen atoms in total. The molecule has 3 rings (SSSR count). The molecule has 1 fully saturated rings. The van der Waals surface area contributed by atoms with Crippen molar-refractivity contribution in [3.05, 3.63) is 65.5 Å². The first-order chi connectivity index (χ1) is 10.1. The number of hydrogen-bond donors (Lipinski definition) is 1. The predicted octanol–water partition coefficient (Wildman–Crippen LogP) is 2.80. The van der Waals surface area contributed by atoms with Gasteiger partial charge in [-0.25, -0.2) is 4.39 Å². The van der Waals surface area contributed by atoms with E-state index in [2.05, 4.69) is 6.92 Å². The number of rotatable bonds is 3. The van der Waals surface area contributed by atoms with Crippen LogP contribution in [0.15, 0.2) is 48.5 Å². The molecular weight excluding hydrogens is 267 g/mol. The molecule has 0 saturated carbocycles. The Morgan fingerprint density at radius 1 is 1.14 bits per heavy atom.